The summed E-state index contributed by atoms with van der Waals surface area (Å²) in [6, 6.07) is 21.7. The van der Waals surface area contributed by atoms with Gasteiger partial charge in [-0.1, -0.05) is 36.4 Å². The first kappa shape index (κ1) is 20.9. The van der Waals surface area contributed by atoms with E-state index in [2.05, 4.69) is 30.9 Å². The van der Waals surface area contributed by atoms with Crippen molar-refractivity contribution in [2.75, 3.05) is 27.2 Å². The number of carbonyl (C=O) groups excluding carboxylic acids is 1. The summed E-state index contributed by atoms with van der Waals surface area (Å²) in [7, 11) is 4.18. The Morgan fingerprint density at radius 3 is 2.28 bits per heavy atom. The van der Waals surface area contributed by atoms with Crippen molar-refractivity contribution in [2.24, 2.45) is 0 Å². The molecule has 1 atom stereocenters. The van der Waals surface area contributed by atoms with Gasteiger partial charge in [0.15, 0.2) is 6.61 Å². The second-order valence-corrected chi connectivity index (χ2v) is 7.96. The first-order valence-corrected chi connectivity index (χ1v) is 10.5. The SMILES string of the molecule is C[NH+](C)[C@@H](CNC(=O)COc1ccc(OCc2ccccc2)cc1)c1cccs1. The van der Waals surface area contributed by atoms with Crippen LogP contribution >= 0.6 is 11.3 Å². The predicted molar refractivity (Wildman–Crippen MR) is 116 cm³/mol. The lowest BCUT2D eigenvalue weighted by Gasteiger charge is -2.20. The Morgan fingerprint density at radius 1 is 0.966 bits per heavy atom. The van der Waals surface area contributed by atoms with Crippen LogP contribution in [-0.2, 0) is 11.4 Å². The van der Waals surface area contributed by atoms with Gasteiger partial charge < -0.3 is 19.7 Å². The number of amides is 1. The normalized spacial score (nSPS) is 11.8. The van der Waals surface area contributed by atoms with E-state index in [-0.39, 0.29) is 18.6 Å². The van der Waals surface area contributed by atoms with Crippen LogP contribution in [0.1, 0.15) is 16.5 Å². The van der Waals surface area contributed by atoms with Crippen molar-refractivity contribution < 1.29 is 19.2 Å². The molecule has 0 aliphatic heterocycles. The smallest absolute Gasteiger partial charge is 0.258 e. The standard InChI is InChI=1S/C23H26N2O3S/c1-25(2)21(22-9-6-14-29-22)15-24-23(26)17-28-20-12-10-19(11-13-20)27-16-18-7-4-3-5-8-18/h3-14,21H,15-17H2,1-2H3,(H,24,26)/p+1/t21-/m0/s1. The summed E-state index contributed by atoms with van der Waals surface area (Å²) in [6.07, 6.45) is 0. The number of hydrogen-bond donors (Lipinski definition) is 2. The van der Waals surface area contributed by atoms with Crippen molar-refractivity contribution in [3.8, 4) is 11.5 Å². The van der Waals surface area contributed by atoms with Gasteiger partial charge in [0.25, 0.3) is 5.91 Å². The number of hydrogen-bond acceptors (Lipinski definition) is 4. The highest BCUT2D eigenvalue weighted by atomic mass is 32.1. The van der Waals surface area contributed by atoms with E-state index in [9.17, 15) is 4.79 Å². The number of carbonyl (C=O) groups is 1. The second kappa shape index (κ2) is 10.6. The molecule has 5 nitrogen and oxygen atoms in total. The Labute approximate surface area is 175 Å². The van der Waals surface area contributed by atoms with Crippen LogP contribution in [0.4, 0.5) is 0 Å². The summed E-state index contributed by atoms with van der Waals surface area (Å²) in [4.78, 5) is 14.7. The van der Waals surface area contributed by atoms with Crippen LogP contribution in [0.5, 0.6) is 11.5 Å². The molecule has 0 spiro atoms. The zero-order valence-electron chi connectivity index (χ0n) is 16.8. The van der Waals surface area contributed by atoms with Crippen molar-refractivity contribution >= 4 is 17.2 Å². The van der Waals surface area contributed by atoms with Crippen LogP contribution in [0.3, 0.4) is 0 Å². The summed E-state index contributed by atoms with van der Waals surface area (Å²) in [5, 5.41) is 5.03. The second-order valence-electron chi connectivity index (χ2n) is 6.98. The topological polar surface area (TPSA) is 52.0 Å². The Morgan fingerprint density at radius 2 is 1.66 bits per heavy atom. The number of likely N-dealkylation sites (N-methyl/N-ethyl adjacent to an activating group) is 1. The minimum Gasteiger partial charge on any atom is -0.489 e. The van der Waals surface area contributed by atoms with Gasteiger partial charge in [-0.05, 0) is 41.3 Å². The largest absolute Gasteiger partial charge is 0.489 e. The van der Waals surface area contributed by atoms with E-state index >= 15 is 0 Å². The average Bonchev–Trinajstić information content (AvgIpc) is 3.26. The lowest BCUT2D eigenvalue weighted by atomic mass is 10.2. The zero-order chi connectivity index (χ0) is 20.5. The Bertz CT molecular complexity index is 865. The number of benzene rings is 2. The monoisotopic (exact) mass is 411 g/mol. The fraction of sp³-hybridized carbons (Fsp3) is 0.261. The maximum absolute atomic E-state index is 12.2. The molecule has 2 N–H and O–H groups in total. The summed E-state index contributed by atoms with van der Waals surface area (Å²) in [5.41, 5.74) is 1.12. The maximum atomic E-state index is 12.2. The fourth-order valence-corrected chi connectivity index (χ4v) is 3.82. The van der Waals surface area contributed by atoms with E-state index in [0.29, 0.717) is 18.9 Å². The first-order valence-electron chi connectivity index (χ1n) is 9.61. The van der Waals surface area contributed by atoms with E-state index in [1.165, 1.54) is 9.78 Å². The molecule has 0 radical (unpaired) electrons. The highest BCUT2D eigenvalue weighted by Gasteiger charge is 2.19. The summed E-state index contributed by atoms with van der Waals surface area (Å²) in [6.45, 7) is 1.09. The Balaban J connectivity index is 1.41. The molecule has 0 bridgehead atoms. The van der Waals surface area contributed by atoms with Gasteiger partial charge in [0, 0.05) is 0 Å². The van der Waals surface area contributed by atoms with E-state index in [1.807, 2.05) is 60.7 Å². The molecular weight excluding hydrogens is 384 g/mol. The van der Waals surface area contributed by atoms with Gasteiger partial charge in [0.05, 0.1) is 25.5 Å². The summed E-state index contributed by atoms with van der Waals surface area (Å²) >= 11 is 1.71. The molecule has 3 aromatic rings. The molecule has 0 unspecified atom stereocenters. The van der Waals surface area contributed by atoms with Crippen molar-refractivity contribution in [3.63, 3.8) is 0 Å². The molecule has 0 saturated carbocycles. The average molecular weight is 412 g/mol. The number of ether oxygens (including phenoxy) is 2. The van der Waals surface area contributed by atoms with Crippen molar-refractivity contribution in [2.45, 2.75) is 12.6 Å². The van der Waals surface area contributed by atoms with Gasteiger partial charge in [0.2, 0.25) is 0 Å². The van der Waals surface area contributed by atoms with Crippen LogP contribution in [0.2, 0.25) is 0 Å². The third kappa shape index (κ3) is 6.62. The quantitative estimate of drug-likeness (QED) is 0.539. The molecule has 1 heterocycles. The minimum absolute atomic E-state index is 0.00978. The summed E-state index contributed by atoms with van der Waals surface area (Å²) < 4.78 is 11.4. The van der Waals surface area contributed by atoms with Gasteiger partial charge in [-0.15, -0.1) is 11.3 Å². The van der Waals surface area contributed by atoms with E-state index in [1.54, 1.807) is 11.3 Å². The molecule has 1 amide bonds. The molecule has 152 valence electrons. The zero-order valence-corrected chi connectivity index (χ0v) is 17.6. The van der Waals surface area contributed by atoms with Crippen LogP contribution < -0.4 is 19.7 Å². The number of rotatable bonds is 10. The summed E-state index contributed by atoms with van der Waals surface area (Å²) in [5.74, 6) is 1.27. The molecule has 0 aliphatic rings. The fourth-order valence-electron chi connectivity index (χ4n) is 2.87. The Hall–Kier alpha value is -2.83. The first-order chi connectivity index (χ1) is 14.1. The molecule has 2 aromatic carbocycles. The van der Waals surface area contributed by atoms with Crippen molar-refractivity contribution in [1.82, 2.24) is 5.32 Å². The molecule has 0 fully saturated rings. The lowest BCUT2D eigenvalue weighted by Crippen LogP contribution is -3.06. The lowest BCUT2D eigenvalue weighted by molar-refractivity contribution is -0.890. The molecule has 29 heavy (non-hydrogen) atoms. The molecular formula is C23H27N2O3S+. The molecule has 1 aromatic heterocycles. The highest BCUT2D eigenvalue weighted by Crippen LogP contribution is 2.19. The molecule has 6 heteroatoms. The van der Waals surface area contributed by atoms with Gasteiger partial charge in [-0.25, -0.2) is 0 Å². The van der Waals surface area contributed by atoms with Crippen molar-refractivity contribution in [1.29, 1.82) is 0 Å². The van der Waals surface area contributed by atoms with Crippen LogP contribution in [-0.4, -0.2) is 33.2 Å². The number of quaternary nitrogens is 1. The molecule has 0 aliphatic carbocycles. The minimum atomic E-state index is -0.128. The maximum Gasteiger partial charge on any atom is 0.258 e. The van der Waals surface area contributed by atoms with Gasteiger partial charge in [0.1, 0.15) is 24.1 Å². The van der Waals surface area contributed by atoms with Crippen LogP contribution in [0.25, 0.3) is 0 Å². The van der Waals surface area contributed by atoms with Crippen LogP contribution in [0.15, 0.2) is 72.1 Å². The van der Waals surface area contributed by atoms with E-state index in [0.717, 1.165) is 11.3 Å². The molecule has 0 saturated heterocycles. The third-order valence-corrected chi connectivity index (χ3v) is 5.51. The van der Waals surface area contributed by atoms with Crippen molar-refractivity contribution in [3.05, 3.63) is 82.6 Å². The van der Waals surface area contributed by atoms with Gasteiger partial charge in [-0.2, -0.15) is 0 Å². The Kier molecular flexibility index (Phi) is 7.67. The molecule has 3 rings (SSSR count). The van der Waals surface area contributed by atoms with E-state index < -0.39 is 0 Å². The predicted octanol–water partition coefficient (Wildman–Crippen LogP) is 2.71. The van der Waals surface area contributed by atoms with E-state index in [4.69, 9.17) is 9.47 Å². The number of thiophene rings is 1. The van der Waals surface area contributed by atoms with Gasteiger partial charge >= 0.3 is 0 Å². The van der Waals surface area contributed by atoms with Gasteiger partial charge in [-0.3, -0.25) is 4.79 Å². The van der Waals surface area contributed by atoms with Crippen LogP contribution in [0, 0.1) is 0 Å². The highest BCUT2D eigenvalue weighted by molar-refractivity contribution is 7.10. The third-order valence-electron chi connectivity index (χ3n) is 4.53. The number of nitrogens with one attached hydrogen (secondary N) is 2.